The molecule has 1 aromatic rings. The third kappa shape index (κ3) is 3.76. The SMILES string of the molecule is CC(C)(C)OC(=O)N1CC[C@@H](n2cc(C(N)=NO)c(=O)[nH]c2=O)C1. The summed E-state index contributed by atoms with van der Waals surface area (Å²) < 4.78 is 6.58. The summed E-state index contributed by atoms with van der Waals surface area (Å²) in [5.41, 5.74) is 3.35. The van der Waals surface area contributed by atoms with Crippen LogP contribution in [0.4, 0.5) is 4.79 Å². The van der Waals surface area contributed by atoms with E-state index in [9.17, 15) is 14.4 Å². The average molecular weight is 339 g/mol. The molecule has 2 rings (SSSR count). The van der Waals surface area contributed by atoms with E-state index in [1.165, 1.54) is 15.7 Å². The van der Waals surface area contributed by atoms with Gasteiger partial charge in [-0.3, -0.25) is 14.3 Å². The highest BCUT2D eigenvalue weighted by Gasteiger charge is 2.31. The lowest BCUT2D eigenvalue weighted by Gasteiger charge is -2.24. The highest BCUT2D eigenvalue weighted by atomic mass is 16.6. The largest absolute Gasteiger partial charge is 0.444 e. The zero-order valence-electron chi connectivity index (χ0n) is 13.8. The number of carbonyl (C=O) groups excluding carboxylic acids is 1. The van der Waals surface area contributed by atoms with Gasteiger partial charge in [-0.2, -0.15) is 0 Å². The number of aromatic nitrogens is 2. The molecule has 10 nitrogen and oxygen atoms in total. The van der Waals surface area contributed by atoms with Crippen LogP contribution in [0, 0.1) is 0 Å². The van der Waals surface area contributed by atoms with Crippen LogP contribution < -0.4 is 17.0 Å². The number of hydrogen-bond acceptors (Lipinski definition) is 6. The van der Waals surface area contributed by atoms with Crippen molar-refractivity contribution in [1.29, 1.82) is 0 Å². The maximum absolute atomic E-state index is 12.1. The van der Waals surface area contributed by atoms with Gasteiger partial charge in [0.05, 0.1) is 6.04 Å². The number of nitrogens with zero attached hydrogens (tertiary/aromatic N) is 3. The summed E-state index contributed by atoms with van der Waals surface area (Å²) >= 11 is 0. The number of nitrogens with one attached hydrogen (secondary N) is 1. The van der Waals surface area contributed by atoms with Crippen LogP contribution in [0.5, 0.6) is 0 Å². The summed E-state index contributed by atoms with van der Waals surface area (Å²) in [6.07, 6.45) is 1.29. The predicted molar refractivity (Wildman–Crippen MR) is 85.3 cm³/mol. The number of oxime groups is 1. The van der Waals surface area contributed by atoms with Gasteiger partial charge in [-0.1, -0.05) is 5.16 Å². The van der Waals surface area contributed by atoms with Gasteiger partial charge in [-0.15, -0.1) is 0 Å². The molecular weight excluding hydrogens is 318 g/mol. The van der Waals surface area contributed by atoms with Gasteiger partial charge in [0, 0.05) is 19.3 Å². The first-order valence-electron chi connectivity index (χ1n) is 7.43. The molecule has 0 aromatic carbocycles. The van der Waals surface area contributed by atoms with Gasteiger partial charge >= 0.3 is 11.8 Å². The van der Waals surface area contributed by atoms with Crippen LogP contribution in [0.15, 0.2) is 20.9 Å². The van der Waals surface area contributed by atoms with E-state index in [-0.39, 0.29) is 18.2 Å². The number of amides is 1. The number of ether oxygens (including phenoxy) is 1. The van der Waals surface area contributed by atoms with E-state index in [0.29, 0.717) is 13.0 Å². The molecule has 1 aliphatic rings. The molecule has 0 spiro atoms. The molecule has 0 aliphatic carbocycles. The van der Waals surface area contributed by atoms with E-state index in [1.54, 1.807) is 20.8 Å². The van der Waals surface area contributed by atoms with Gasteiger partial charge < -0.3 is 20.6 Å². The molecule has 1 aliphatic heterocycles. The number of hydrogen-bond donors (Lipinski definition) is 3. The minimum absolute atomic E-state index is 0.118. The van der Waals surface area contributed by atoms with Crippen molar-refractivity contribution >= 4 is 11.9 Å². The highest BCUT2D eigenvalue weighted by Crippen LogP contribution is 2.22. The van der Waals surface area contributed by atoms with E-state index in [1.807, 2.05) is 0 Å². The first kappa shape index (κ1) is 17.6. The van der Waals surface area contributed by atoms with Crippen LogP contribution in [-0.4, -0.2) is 50.3 Å². The molecule has 1 atom stereocenters. The Morgan fingerprint density at radius 1 is 1.46 bits per heavy atom. The van der Waals surface area contributed by atoms with E-state index in [0.717, 1.165) is 0 Å². The minimum atomic E-state index is -0.742. The topological polar surface area (TPSA) is 143 Å². The first-order valence-corrected chi connectivity index (χ1v) is 7.43. The lowest BCUT2D eigenvalue weighted by molar-refractivity contribution is 0.0288. The van der Waals surface area contributed by atoms with Gasteiger partial charge in [-0.25, -0.2) is 9.59 Å². The highest BCUT2D eigenvalue weighted by molar-refractivity contribution is 5.96. The first-order chi connectivity index (χ1) is 11.1. The van der Waals surface area contributed by atoms with Crippen LogP contribution in [0.2, 0.25) is 0 Å². The Morgan fingerprint density at radius 2 is 2.12 bits per heavy atom. The summed E-state index contributed by atoms with van der Waals surface area (Å²) in [4.78, 5) is 39.4. The summed E-state index contributed by atoms with van der Waals surface area (Å²) in [5, 5.41) is 11.5. The van der Waals surface area contributed by atoms with Crippen molar-refractivity contribution in [1.82, 2.24) is 14.5 Å². The molecular formula is C14H21N5O5. The van der Waals surface area contributed by atoms with Crippen LogP contribution in [-0.2, 0) is 4.74 Å². The summed E-state index contributed by atoms with van der Waals surface area (Å²) in [7, 11) is 0. The molecule has 4 N–H and O–H groups in total. The number of H-pyrrole nitrogens is 1. The van der Waals surface area contributed by atoms with E-state index < -0.39 is 28.8 Å². The van der Waals surface area contributed by atoms with Crippen molar-refractivity contribution in [2.75, 3.05) is 13.1 Å². The molecule has 132 valence electrons. The second-order valence-corrected chi connectivity index (χ2v) is 6.56. The molecule has 0 bridgehead atoms. The van der Waals surface area contributed by atoms with Crippen molar-refractivity contribution in [2.45, 2.75) is 38.8 Å². The van der Waals surface area contributed by atoms with E-state index >= 15 is 0 Å². The molecule has 0 saturated carbocycles. The molecule has 10 heteroatoms. The molecule has 1 fully saturated rings. The quantitative estimate of drug-likeness (QED) is 0.295. The Labute approximate surface area is 137 Å². The van der Waals surface area contributed by atoms with Gasteiger partial charge in [0.25, 0.3) is 5.56 Å². The smallest absolute Gasteiger partial charge is 0.410 e. The molecule has 24 heavy (non-hydrogen) atoms. The Kier molecular flexibility index (Phi) is 4.67. The summed E-state index contributed by atoms with van der Waals surface area (Å²) in [6, 6.07) is -0.341. The fourth-order valence-corrected chi connectivity index (χ4v) is 2.45. The number of likely N-dealkylation sites (tertiary alicyclic amines) is 1. The molecule has 2 heterocycles. The van der Waals surface area contributed by atoms with E-state index in [2.05, 4.69) is 10.1 Å². The second-order valence-electron chi connectivity index (χ2n) is 6.56. The predicted octanol–water partition coefficient (Wildman–Crippen LogP) is -0.187. The van der Waals surface area contributed by atoms with Crippen LogP contribution in [0.25, 0.3) is 0 Å². The Balaban J connectivity index is 2.24. The molecule has 1 amide bonds. The maximum Gasteiger partial charge on any atom is 0.410 e. The van der Waals surface area contributed by atoms with Crippen molar-refractivity contribution in [3.05, 3.63) is 32.6 Å². The number of aromatic amines is 1. The van der Waals surface area contributed by atoms with Gasteiger partial charge in [-0.05, 0) is 27.2 Å². The maximum atomic E-state index is 12.1. The number of amidine groups is 1. The van der Waals surface area contributed by atoms with Crippen molar-refractivity contribution in [3.8, 4) is 0 Å². The second kappa shape index (κ2) is 6.38. The lowest BCUT2D eigenvalue weighted by atomic mass is 10.2. The third-order valence-corrected chi connectivity index (χ3v) is 3.56. The van der Waals surface area contributed by atoms with Crippen molar-refractivity contribution < 1.29 is 14.7 Å². The van der Waals surface area contributed by atoms with Crippen molar-refractivity contribution in [2.24, 2.45) is 10.9 Å². The average Bonchev–Trinajstić information content (AvgIpc) is 2.94. The summed E-state index contributed by atoms with van der Waals surface area (Å²) in [6.45, 7) is 6.00. The van der Waals surface area contributed by atoms with Gasteiger partial charge in [0.2, 0.25) is 0 Å². The zero-order chi connectivity index (χ0) is 18.1. The standard InChI is InChI=1S/C14H21N5O5/c1-14(2,3)24-13(22)18-5-4-8(6-18)19-7-9(10(15)17-23)11(20)16-12(19)21/h7-8,23H,4-6H2,1-3H3,(H2,15,17)(H,16,20,21)/t8-/m1/s1. The Hall–Kier alpha value is -2.78. The minimum Gasteiger partial charge on any atom is -0.444 e. The van der Waals surface area contributed by atoms with Crippen LogP contribution in [0.1, 0.15) is 38.8 Å². The summed E-state index contributed by atoms with van der Waals surface area (Å²) in [5.74, 6) is -0.396. The monoisotopic (exact) mass is 339 g/mol. The Bertz CT molecular complexity index is 773. The number of carbonyl (C=O) groups is 1. The van der Waals surface area contributed by atoms with E-state index in [4.69, 9.17) is 15.7 Å². The van der Waals surface area contributed by atoms with Gasteiger partial charge in [0.15, 0.2) is 5.84 Å². The normalized spacial score (nSPS) is 18.7. The fourth-order valence-electron chi connectivity index (χ4n) is 2.45. The molecule has 0 unspecified atom stereocenters. The lowest BCUT2D eigenvalue weighted by Crippen LogP contribution is -2.39. The van der Waals surface area contributed by atoms with Crippen LogP contribution >= 0.6 is 0 Å². The number of rotatable bonds is 2. The molecule has 0 radical (unpaired) electrons. The zero-order valence-corrected chi connectivity index (χ0v) is 13.8. The van der Waals surface area contributed by atoms with Crippen molar-refractivity contribution in [3.63, 3.8) is 0 Å². The third-order valence-electron chi connectivity index (χ3n) is 3.56. The fraction of sp³-hybridized carbons (Fsp3) is 0.571. The van der Waals surface area contributed by atoms with Crippen LogP contribution in [0.3, 0.4) is 0 Å². The molecule has 1 saturated heterocycles. The number of nitrogens with two attached hydrogens (primary N) is 1. The molecule has 1 aromatic heterocycles. The Morgan fingerprint density at radius 3 is 2.71 bits per heavy atom. The van der Waals surface area contributed by atoms with Gasteiger partial charge in [0.1, 0.15) is 11.2 Å².